The van der Waals surface area contributed by atoms with Gasteiger partial charge < -0.3 is 9.47 Å². The molecule has 3 rings (SSSR count). The van der Waals surface area contributed by atoms with Crippen molar-refractivity contribution >= 4 is 21.6 Å². The molecule has 0 unspecified atom stereocenters. The van der Waals surface area contributed by atoms with Gasteiger partial charge in [0.1, 0.15) is 4.70 Å². The minimum atomic E-state index is -0.0990. The van der Waals surface area contributed by atoms with Crippen LogP contribution in [-0.2, 0) is 16.0 Å². The highest BCUT2D eigenvalue weighted by Crippen LogP contribution is 2.29. The van der Waals surface area contributed by atoms with Crippen molar-refractivity contribution in [2.24, 2.45) is 5.41 Å². The van der Waals surface area contributed by atoms with Crippen LogP contribution in [-0.4, -0.2) is 19.5 Å². The average molecular weight is 278 g/mol. The highest BCUT2D eigenvalue weighted by atomic mass is 32.1. The van der Waals surface area contributed by atoms with Gasteiger partial charge in [-0.2, -0.15) is 4.57 Å². The topological polar surface area (TPSA) is 22.3 Å². The summed E-state index contributed by atoms with van der Waals surface area (Å²) >= 11 is 1.84. The molecule has 0 spiro atoms. The maximum atomic E-state index is 5.69. The molecule has 0 amide bonds. The van der Waals surface area contributed by atoms with Crippen LogP contribution in [0.25, 0.3) is 10.2 Å². The molecule has 1 saturated heterocycles. The Morgan fingerprint density at radius 1 is 1.26 bits per heavy atom. The first-order valence-electron chi connectivity index (χ1n) is 6.69. The zero-order valence-corrected chi connectivity index (χ0v) is 12.5. The van der Waals surface area contributed by atoms with E-state index in [0.29, 0.717) is 13.2 Å². The van der Waals surface area contributed by atoms with E-state index in [1.54, 1.807) is 0 Å². The van der Waals surface area contributed by atoms with Crippen LogP contribution in [0.5, 0.6) is 0 Å². The van der Waals surface area contributed by atoms with E-state index in [1.807, 2.05) is 11.3 Å². The molecular formula is C15H20NO2S+. The Balaban J connectivity index is 1.94. The molecule has 1 fully saturated rings. The zero-order chi connectivity index (χ0) is 13.5. The van der Waals surface area contributed by atoms with Crippen molar-refractivity contribution in [3.05, 3.63) is 29.3 Å². The number of nitrogens with zero attached hydrogens (tertiary/aromatic N) is 1. The van der Waals surface area contributed by atoms with Crippen molar-refractivity contribution in [3.8, 4) is 0 Å². The Labute approximate surface area is 117 Å². The molecule has 0 aliphatic carbocycles. The van der Waals surface area contributed by atoms with E-state index >= 15 is 0 Å². The second kappa shape index (κ2) is 4.85. The van der Waals surface area contributed by atoms with Crippen molar-refractivity contribution in [2.75, 3.05) is 13.2 Å². The number of aromatic nitrogens is 1. The number of fused-ring (bicyclic) bond motifs is 1. The second-order valence-electron chi connectivity index (χ2n) is 5.74. The summed E-state index contributed by atoms with van der Waals surface area (Å²) in [5, 5.41) is 1.33. The summed E-state index contributed by atoms with van der Waals surface area (Å²) in [6.07, 6.45) is -0.0990. The first kappa shape index (κ1) is 13.0. The maximum Gasteiger partial charge on any atom is 0.235 e. The molecule has 0 saturated carbocycles. The molecule has 102 valence electrons. The van der Waals surface area contributed by atoms with E-state index in [1.165, 1.54) is 15.2 Å². The molecule has 1 aliphatic heterocycles. The van der Waals surface area contributed by atoms with Crippen LogP contribution in [0.4, 0.5) is 0 Å². The highest BCUT2D eigenvalue weighted by Gasteiger charge is 2.39. The van der Waals surface area contributed by atoms with Gasteiger partial charge in [0, 0.05) is 13.0 Å². The molecule has 0 atom stereocenters. The predicted octanol–water partition coefficient (Wildman–Crippen LogP) is 2.90. The predicted molar refractivity (Wildman–Crippen MR) is 76.2 cm³/mol. The van der Waals surface area contributed by atoms with E-state index in [2.05, 4.69) is 49.6 Å². The lowest BCUT2D eigenvalue weighted by Gasteiger charge is -2.26. The second-order valence-corrected chi connectivity index (χ2v) is 6.97. The molecule has 19 heavy (non-hydrogen) atoms. The van der Waals surface area contributed by atoms with E-state index in [-0.39, 0.29) is 11.7 Å². The molecule has 1 aromatic heterocycles. The van der Waals surface area contributed by atoms with E-state index in [9.17, 15) is 0 Å². The van der Waals surface area contributed by atoms with E-state index in [4.69, 9.17) is 9.47 Å². The molecule has 0 bridgehead atoms. The van der Waals surface area contributed by atoms with Crippen molar-refractivity contribution in [2.45, 2.75) is 33.6 Å². The summed E-state index contributed by atoms with van der Waals surface area (Å²) in [6, 6.07) is 8.56. The molecule has 1 aromatic carbocycles. The average Bonchev–Trinajstić information content (AvgIpc) is 2.99. The summed E-state index contributed by atoms with van der Waals surface area (Å²) in [5.74, 6) is 0. The lowest BCUT2D eigenvalue weighted by molar-refractivity contribution is -0.688. The molecular weight excluding hydrogens is 258 g/mol. The monoisotopic (exact) mass is 278 g/mol. The lowest BCUT2D eigenvalue weighted by atomic mass is 9.92. The van der Waals surface area contributed by atoms with Gasteiger partial charge in [-0.25, -0.2) is 0 Å². The van der Waals surface area contributed by atoms with Crippen LogP contribution >= 0.6 is 11.3 Å². The minimum absolute atomic E-state index is 0.0320. The molecule has 2 aromatic rings. The third-order valence-electron chi connectivity index (χ3n) is 3.62. The first-order chi connectivity index (χ1) is 9.08. The number of para-hydroxylation sites is 1. The largest absolute Gasteiger partial charge is 0.349 e. The van der Waals surface area contributed by atoms with Gasteiger partial charge in [0.15, 0.2) is 12.8 Å². The fourth-order valence-corrected chi connectivity index (χ4v) is 3.66. The quantitative estimate of drug-likeness (QED) is 0.806. The molecule has 3 nitrogen and oxygen atoms in total. The van der Waals surface area contributed by atoms with Crippen molar-refractivity contribution in [1.29, 1.82) is 0 Å². The van der Waals surface area contributed by atoms with E-state index < -0.39 is 0 Å². The number of ether oxygens (including phenoxy) is 2. The Hall–Kier alpha value is -0.970. The van der Waals surface area contributed by atoms with Crippen LogP contribution in [0.3, 0.4) is 0 Å². The number of aryl methyl sites for hydroxylation is 1. The minimum Gasteiger partial charge on any atom is -0.349 e. The summed E-state index contributed by atoms with van der Waals surface area (Å²) in [5.41, 5.74) is 1.27. The summed E-state index contributed by atoms with van der Waals surface area (Å²) in [7, 11) is 0. The SMILES string of the molecule is Cc1sc2ccccc2[n+]1CC(C)(C)C1OCCO1. The molecule has 2 heterocycles. The van der Waals surface area contributed by atoms with Crippen LogP contribution in [0.15, 0.2) is 24.3 Å². The Morgan fingerprint density at radius 3 is 2.68 bits per heavy atom. The number of benzene rings is 1. The Bertz CT molecular complexity index is 585. The molecule has 0 radical (unpaired) electrons. The van der Waals surface area contributed by atoms with Gasteiger partial charge in [0.05, 0.1) is 18.6 Å². The fraction of sp³-hybridized carbons (Fsp3) is 0.533. The smallest absolute Gasteiger partial charge is 0.235 e. The summed E-state index contributed by atoms with van der Waals surface area (Å²) < 4.78 is 15.1. The third kappa shape index (κ3) is 2.40. The van der Waals surface area contributed by atoms with Gasteiger partial charge in [-0.1, -0.05) is 23.5 Å². The Kier molecular flexibility index (Phi) is 3.33. The first-order valence-corrected chi connectivity index (χ1v) is 7.51. The van der Waals surface area contributed by atoms with Crippen molar-refractivity contribution in [1.82, 2.24) is 0 Å². The van der Waals surface area contributed by atoms with Gasteiger partial charge >= 0.3 is 0 Å². The van der Waals surface area contributed by atoms with Gasteiger partial charge in [-0.15, -0.1) is 0 Å². The van der Waals surface area contributed by atoms with Crippen LogP contribution in [0.1, 0.15) is 18.9 Å². The van der Waals surface area contributed by atoms with Crippen molar-refractivity contribution in [3.63, 3.8) is 0 Å². The third-order valence-corrected chi connectivity index (χ3v) is 4.70. The number of hydrogen-bond donors (Lipinski definition) is 0. The standard InChI is InChI=1S/C15H20NO2S/c1-11-16(12-6-4-5-7-13(12)19-11)10-15(2,3)14-17-8-9-18-14/h4-7,14H,8-10H2,1-3H3/q+1. The summed E-state index contributed by atoms with van der Waals surface area (Å²) in [4.78, 5) is 0. The molecule has 4 heteroatoms. The maximum absolute atomic E-state index is 5.69. The highest BCUT2D eigenvalue weighted by molar-refractivity contribution is 7.18. The zero-order valence-electron chi connectivity index (χ0n) is 11.7. The molecule has 0 N–H and O–H groups in total. The van der Waals surface area contributed by atoms with Crippen LogP contribution in [0, 0.1) is 12.3 Å². The lowest BCUT2D eigenvalue weighted by Crippen LogP contribution is -2.47. The van der Waals surface area contributed by atoms with Crippen LogP contribution in [0.2, 0.25) is 0 Å². The van der Waals surface area contributed by atoms with E-state index in [0.717, 1.165) is 6.54 Å². The normalized spacial score (nSPS) is 17.4. The fourth-order valence-electron chi connectivity index (χ4n) is 2.64. The van der Waals surface area contributed by atoms with Gasteiger partial charge in [0.2, 0.25) is 10.5 Å². The van der Waals surface area contributed by atoms with Crippen LogP contribution < -0.4 is 4.57 Å². The number of thiazole rings is 1. The van der Waals surface area contributed by atoms with Gasteiger partial charge in [-0.05, 0) is 19.9 Å². The number of rotatable bonds is 3. The summed E-state index contributed by atoms with van der Waals surface area (Å²) in [6.45, 7) is 8.93. The molecule has 1 aliphatic rings. The van der Waals surface area contributed by atoms with Gasteiger partial charge in [-0.3, -0.25) is 0 Å². The van der Waals surface area contributed by atoms with Crippen molar-refractivity contribution < 1.29 is 14.0 Å². The number of hydrogen-bond acceptors (Lipinski definition) is 3. The van der Waals surface area contributed by atoms with Gasteiger partial charge in [0.25, 0.3) is 0 Å². The Morgan fingerprint density at radius 2 is 1.95 bits per heavy atom.